The molecule has 0 bridgehead atoms. The van der Waals surface area contributed by atoms with Crippen LogP contribution in [0.2, 0.25) is 0 Å². The summed E-state index contributed by atoms with van der Waals surface area (Å²) < 4.78 is 18.6. The number of halogens is 1. The van der Waals surface area contributed by atoms with Crippen molar-refractivity contribution >= 4 is 11.9 Å². The molecule has 0 aromatic heterocycles. The second kappa shape index (κ2) is 6.83. The topological polar surface area (TPSA) is 55.4 Å². The summed E-state index contributed by atoms with van der Waals surface area (Å²) in [6.45, 7) is -0.297. The molecule has 2 aromatic carbocycles. The lowest BCUT2D eigenvalue weighted by molar-refractivity contribution is -0.151. The second-order valence-electron chi connectivity index (χ2n) is 5.89. The number of esters is 1. The zero-order chi connectivity index (χ0) is 17.0. The van der Waals surface area contributed by atoms with Gasteiger partial charge in [0.05, 0.1) is 5.41 Å². The maximum Gasteiger partial charge on any atom is 0.317 e. The maximum atomic E-state index is 13.5. The van der Waals surface area contributed by atoms with Gasteiger partial charge in [0.15, 0.2) is 6.61 Å². The van der Waals surface area contributed by atoms with Crippen LogP contribution in [0, 0.1) is 5.82 Å². The Balaban J connectivity index is 1.50. The van der Waals surface area contributed by atoms with Crippen LogP contribution in [-0.4, -0.2) is 18.5 Å². The van der Waals surface area contributed by atoms with E-state index in [4.69, 9.17) is 4.74 Å². The number of rotatable bonds is 6. The van der Waals surface area contributed by atoms with E-state index in [1.807, 2.05) is 30.3 Å². The molecule has 0 saturated heterocycles. The molecule has 3 rings (SSSR count). The summed E-state index contributed by atoms with van der Waals surface area (Å²) >= 11 is 0. The molecule has 124 valence electrons. The first-order valence-electron chi connectivity index (χ1n) is 7.85. The van der Waals surface area contributed by atoms with E-state index in [2.05, 4.69) is 5.32 Å². The Morgan fingerprint density at radius 1 is 1.04 bits per heavy atom. The first kappa shape index (κ1) is 16.2. The first-order valence-corrected chi connectivity index (χ1v) is 7.85. The lowest BCUT2D eigenvalue weighted by Crippen LogP contribution is -2.31. The van der Waals surface area contributed by atoms with Gasteiger partial charge in [-0.1, -0.05) is 48.5 Å². The summed E-state index contributed by atoms with van der Waals surface area (Å²) in [5, 5.41) is 2.55. The number of carbonyl (C=O) groups excluding carboxylic acids is 2. The molecule has 0 unspecified atom stereocenters. The monoisotopic (exact) mass is 327 g/mol. The minimum Gasteiger partial charge on any atom is -0.455 e. The molecule has 24 heavy (non-hydrogen) atoms. The van der Waals surface area contributed by atoms with E-state index in [1.165, 1.54) is 6.07 Å². The van der Waals surface area contributed by atoms with Crippen LogP contribution in [0.3, 0.4) is 0 Å². The minimum atomic E-state index is -0.604. The average Bonchev–Trinajstić information content (AvgIpc) is 3.42. The van der Waals surface area contributed by atoms with Gasteiger partial charge >= 0.3 is 5.97 Å². The summed E-state index contributed by atoms with van der Waals surface area (Å²) in [5.74, 6) is -1.21. The van der Waals surface area contributed by atoms with Crippen molar-refractivity contribution in [3.63, 3.8) is 0 Å². The Labute approximate surface area is 139 Å². The summed E-state index contributed by atoms with van der Waals surface area (Å²) in [6, 6.07) is 15.6. The van der Waals surface area contributed by atoms with Crippen LogP contribution in [0.5, 0.6) is 0 Å². The molecular weight excluding hydrogens is 309 g/mol. The van der Waals surface area contributed by atoms with Gasteiger partial charge in [-0.25, -0.2) is 4.39 Å². The van der Waals surface area contributed by atoms with Crippen LogP contribution in [-0.2, 0) is 26.3 Å². The van der Waals surface area contributed by atoms with E-state index in [1.54, 1.807) is 18.2 Å². The smallest absolute Gasteiger partial charge is 0.317 e. The summed E-state index contributed by atoms with van der Waals surface area (Å²) in [5.41, 5.74) is 0.703. The van der Waals surface area contributed by atoms with E-state index in [0.717, 1.165) is 18.4 Å². The molecule has 2 aromatic rings. The average molecular weight is 327 g/mol. The highest BCUT2D eigenvalue weighted by Crippen LogP contribution is 2.49. The Morgan fingerprint density at radius 3 is 2.38 bits per heavy atom. The van der Waals surface area contributed by atoms with Gasteiger partial charge in [0.2, 0.25) is 0 Å². The third kappa shape index (κ3) is 3.45. The van der Waals surface area contributed by atoms with Gasteiger partial charge in [-0.2, -0.15) is 0 Å². The normalized spacial score (nSPS) is 14.7. The van der Waals surface area contributed by atoms with Crippen LogP contribution in [0.15, 0.2) is 54.6 Å². The van der Waals surface area contributed by atoms with Crippen molar-refractivity contribution in [3.05, 3.63) is 71.5 Å². The fraction of sp³-hybridized carbons (Fsp3) is 0.263. The van der Waals surface area contributed by atoms with Crippen molar-refractivity contribution in [2.24, 2.45) is 0 Å². The van der Waals surface area contributed by atoms with Crippen LogP contribution in [0.25, 0.3) is 0 Å². The Bertz CT molecular complexity index is 741. The number of carbonyl (C=O) groups is 2. The fourth-order valence-electron chi connectivity index (χ4n) is 2.65. The zero-order valence-electron chi connectivity index (χ0n) is 13.1. The highest BCUT2D eigenvalue weighted by molar-refractivity contribution is 5.88. The molecule has 5 heteroatoms. The Hall–Kier alpha value is -2.69. The number of hydrogen-bond acceptors (Lipinski definition) is 3. The molecule has 1 amide bonds. The van der Waals surface area contributed by atoms with Gasteiger partial charge in [-0.3, -0.25) is 9.59 Å². The van der Waals surface area contributed by atoms with Crippen molar-refractivity contribution in [1.29, 1.82) is 0 Å². The molecule has 1 fully saturated rings. The first-order chi connectivity index (χ1) is 11.6. The molecule has 1 N–H and O–H groups in total. The van der Waals surface area contributed by atoms with Crippen LogP contribution in [0.4, 0.5) is 4.39 Å². The molecule has 1 aliphatic carbocycles. The van der Waals surface area contributed by atoms with Crippen molar-refractivity contribution in [2.45, 2.75) is 24.8 Å². The zero-order valence-corrected chi connectivity index (χ0v) is 13.1. The number of amides is 1. The summed E-state index contributed by atoms with van der Waals surface area (Å²) in [6.07, 6.45) is 1.46. The molecule has 0 radical (unpaired) electrons. The van der Waals surface area contributed by atoms with E-state index >= 15 is 0 Å². The highest BCUT2D eigenvalue weighted by atomic mass is 19.1. The van der Waals surface area contributed by atoms with Crippen LogP contribution >= 0.6 is 0 Å². The standard InChI is InChI=1S/C19H18FNO3/c20-16-9-5-4-6-14(16)12-21-17(22)13-24-18(23)19(10-11-19)15-7-2-1-3-8-15/h1-9H,10-13H2,(H,21,22). The van der Waals surface area contributed by atoms with E-state index < -0.39 is 11.3 Å². The molecular formula is C19H18FNO3. The minimum absolute atomic E-state index is 0.0624. The van der Waals surface area contributed by atoms with Gasteiger partial charge in [0.25, 0.3) is 5.91 Å². The van der Waals surface area contributed by atoms with E-state index in [-0.39, 0.29) is 24.9 Å². The largest absolute Gasteiger partial charge is 0.455 e. The van der Waals surface area contributed by atoms with Gasteiger partial charge in [-0.15, -0.1) is 0 Å². The SMILES string of the molecule is O=C(COC(=O)C1(c2ccccc2)CC1)NCc1ccccc1F. The van der Waals surface area contributed by atoms with Crippen molar-refractivity contribution in [1.82, 2.24) is 5.32 Å². The van der Waals surface area contributed by atoms with Gasteiger partial charge in [0.1, 0.15) is 5.82 Å². The number of nitrogens with one attached hydrogen (secondary N) is 1. The van der Waals surface area contributed by atoms with E-state index in [9.17, 15) is 14.0 Å². The number of ether oxygens (including phenoxy) is 1. The predicted molar refractivity (Wildman–Crippen MR) is 86.6 cm³/mol. The Morgan fingerprint density at radius 2 is 1.71 bits per heavy atom. The molecule has 0 heterocycles. The van der Waals surface area contributed by atoms with Crippen molar-refractivity contribution in [2.75, 3.05) is 6.61 Å². The lowest BCUT2D eigenvalue weighted by Gasteiger charge is -2.14. The predicted octanol–water partition coefficient (Wildman–Crippen LogP) is 2.72. The van der Waals surface area contributed by atoms with Gasteiger partial charge in [-0.05, 0) is 24.5 Å². The lowest BCUT2D eigenvalue weighted by atomic mass is 9.96. The van der Waals surface area contributed by atoms with Crippen molar-refractivity contribution in [3.8, 4) is 0 Å². The second-order valence-corrected chi connectivity index (χ2v) is 5.89. The quantitative estimate of drug-likeness (QED) is 0.830. The number of hydrogen-bond donors (Lipinski definition) is 1. The fourth-order valence-corrected chi connectivity index (χ4v) is 2.65. The molecule has 4 nitrogen and oxygen atoms in total. The Kier molecular flexibility index (Phi) is 4.60. The molecule has 0 atom stereocenters. The third-order valence-corrected chi connectivity index (χ3v) is 4.24. The summed E-state index contributed by atoms with van der Waals surface area (Å²) in [4.78, 5) is 24.1. The molecule has 0 spiro atoms. The van der Waals surface area contributed by atoms with Crippen LogP contribution in [0.1, 0.15) is 24.0 Å². The van der Waals surface area contributed by atoms with Crippen molar-refractivity contribution < 1.29 is 18.7 Å². The third-order valence-electron chi connectivity index (χ3n) is 4.24. The molecule has 1 aliphatic rings. The molecule has 0 aliphatic heterocycles. The van der Waals surface area contributed by atoms with Gasteiger partial charge < -0.3 is 10.1 Å². The molecule has 1 saturated carbocycles. The summed E-state index contributed by atoms with van der Waals surface area (Å²) in [7, 11) is 0. The van der Waals surface area contributed by atoms with E-state index in [0.29, 0.717) is 5.56 Å². The van der Waals surface area contributed by atoms with Gasteiger partial charge in [0, 0.05) is 12.1 Å². The highest BCUT2D eigenvalue weighted by Gasteiger charge is 2.52. The maximum absolute atomic E-state index is 13.5. The number of benzene rings is 2. The van der Waals surface area contributed by atoms with Crippen LogP contribution < -0.4 is 5.32 Å².